The summed E-state index contributed by atoms with van der Waals surface area (Å²) in [6, 6.07) is 2.93. The summed E-state index contributed by atoms with van der Waals surface area (Å²) < 4.78 is 28.3. The van der Waals surface area contributed by atoms with Crippen molar-refractivity contribution in [1.82, 2.24) is 9.55 Å². The normalized spacial score (nSPS) is 12.7. The lowest BCUT2D eigenvalue weighted by molar-refractivity contribution is 0.513. The first-order valence-corrected chi connectivity index (χ1v) is 5.82. The van der Waals surface area contributed by atoms with Crippen LogP contribution in [0.3, 0.4) is 0 Å². The number of imidazole rings is 1. The fourth-order valence-electron chi connectivity index (χ4n) is 1.93. The number of aromatic nitrogens is 2. The zero-order chi connectivity index (χ0) is 13.1. The molecule has 0 fully saturated rings. The average Bonchev–Trinajstić information content (AvgIpc) is 2.76. The van der Waals surface area contributed by atoms with Crippen molar-refractivity contribution in [1.29, 1.82) is 0 Å². The largest absolute Gasteiger partial charge is 0.333 e. The van der Waals surface area contributed by atoms with E-state index in [1.807, 2.05) is 11.5 Å². The van der Waals surface area contributed by atoms with Gasteiger partial charge in [-0.2, -0.15) is 0 Å². The number of nitrogens with zero attached hydrogens (tertiary/aromatic N) is 2. The Morgan fingerprint density at radius 3 is 2.83 bits per heavy atom. The number of hydrogen-bond donors (Lipinski definition) is 1. The fourth-order valence-corrected chi connectivity index (χ4v) is 1.93. The molecule has 1 unspecified atom stereocenters. The second-order valence-corrected chi connectivity index (χ2v) is 4.12. The van der Waals surface area contributed by atoms with Crippen molar-refractivity contribution in [2.75, 3.05) is 0 Å². The Bertz CT molecular complexity index is 537. The maximum atomic E-state index is 13.6. The van der Waals surface area contributed by atoms with E-state index in [0.29, 0.717) is 12.1 Å². The topological polar surface area (TPSA) is 43.8 Å². The molecule has 1 atom stereocenters. The van der Waals surface area contributed by atoms with Gasteiger partial charge in [-0.1, -0.05) is 13.0 Å². The van der Waals surface area contributed by atoms with E-state index in [9.17, 15) is 8.78 Å². The lowest BCUT2D eigenvalue weighted by Gasteiger charge is -2.15. The van der Waals surface area contributed by atoms with Crippen LogP contribution in [0.2, 0.25) is 0 Å². The number of nitrogens with two attached hydrogens (primary N) is 1. The van der Waals surface area contributed by atoms with Crippen molar-refractivity contribution < 1.29 is 8.78 Å². The molecule has 2 rings (SSSR count). The Morgan fingerprint density at radius 2 is 2.17 bits per heavy atom. The summed E-state index contributed by atoms with van der Waals surface area (Å²) in [6.07, 6.45) is 4.28. The molecule has 3 nitrogen and oxygen atoms in total. The van der Waals surface area contributed by atoms with Crippen LogP contribution in [-0.4, -0.2) is 9.55 Å². The fraction of sp³-hybridized carbons (Fsp3) is 0.308. The van der Waals surface area contributed by atoms with Crippen molar-refractivity contribution in [2.24, 2.45) is 5.73 Å². The molecule has 0 aliphatic rings. The molecule has 2 N–H and O–H groups in total. The minimum absolute atomic E-state index is 0.312. The molecule has 1 heterocycles. The molecule has 0 saturated carbocycles. The zero-order valence-corrected chi connectivity index (χ0v) is 10.1. The minimum atomic E-state index is -0.610. The van der Waals surface area contributed by atoms with Crippen LogP contribution in [-0.2, 0) is 13.0 Å². The predicted molar refractivity (Wildman–Crippen MR) is 64.9 cm³/mol. The number of hydrogen-bond acceptors (Lipinski definition) is 2. The van der Waals surface area contributed by atoms with Crippen molar-refractivity contribution in [2.45, 2.75) is 25.9 Å². The van der Waals surface area contributed by atoms with Gasteiger partial charge in [-0.05, 0) is 6.07 Å². The average molecular weight is 251 g/mol. The van der Waals surface area contributed by atoms with E-state index < -0.39 is 17.7 Å². The van der Waals surface area contributed by atoms with E-state index in [0.717, 1.165) is 18.3 Å². The molecule has 5 heteroatoms. The highest BCUT2D eigenvalue weighted by Gasteiger charge is 2.14. The molecular weight excluding hydrogens is 236 g/mol. The molecule has 0 spiro atoms. The van der Waals surface area contributed by atoms with Gasteiger partial charge in [-0.15, -0.1) is 0 Å². The van der Waals surface area contributed by atoms with Crippen LogP contribution in [0.5, 0.6) is 0 Å². The van der Waals surface area contributed by atoms with Crippen LogP contribution in [0.1, 0.15) is 24.4 Å². The van der Waals surface area contributed by atoms with Gasteiger partial charge < -0.3 is 10.3 Å². The standard InChI is InChI=1S/C13H15F2N3/c1-2-13-17-5-6-18(13)8-12(16)10-4-3-9(14)7-11(10)15/h3-7,12H,2,8,16H2,1H3. The summed E-state index contributed by atoms with van der Waals surface area (Å²) in [7, 11) is 0. The third-order valence-corrected chi connectivity index (χ3v) is 2.87. The second-order valence-electron chi connectivity index (χ2n) is 4.12. The summed E-state index contributed by atoms with van der Waals surface area (Å²) in [5.74, 6) is -0.311. The summed E-state index contributed by atoms with van der Waals surface area (Å²) in [6.45, 7) is 2.41. The molecule has 96 valence electrons. The Labute approximate surface area is 104 Å². The van der Waals surface area contributed by atoms with E-state index in [1.54, 1.807) is 12.4 Å². The molecule has 18 heavy (non-hydrogen) atoms. The van der Waals surface area contributed by atoms with E-state index in [1.165, 1.54) is 12.1 Å². The van der Waals surface area contributed by atoms with Gasteiger partial charge in [0.25, 0.3) is 0 Å². The van der Waals surface area contributed by atoms with Crippen LogP contribution in [0, 0.1) is 11.6 Å². The van der Waals surface area contributed by atoms with Gasteiger partial charge in [0.05, 0.1) is 6.04 Å². The van der Waals surface area contributed by atoms with E-state index in [-0.39, 0.29) is 0 Å². The first-order chi connectivity index (χ1) is 8.61. The van der Waals surface area contributed by atoms with Gasteiger partial charge in [0.2, 0.25) is 0 Å². The number of halogens is 2. The van der Waals surface area contributed by atoms with Crippen LogP contribution < -0.4 is 5.73 Å². The number of benzene rings is 1. The van der Waals surface area contributed by atoms with Crippen molar-refractivity contribution >= 4 is 0 Å². The molecule has 0 saturated heterocycles. The molecule has 0 aliphatic carbocycles. The Kier molecular flexibility index (Phi) is 3.72. The van der Waals surface area contributed by atoms with Gasteiger partial charge in [0.1, 0.15) is 17.5 Å². The van der Waals surface area contributed by atoms with Gasteiger partial charge in [-0.3, -0.25) is 0 Å². The van der Waals surface area contributed by atoms with Crippen molar-refractivity contribution in [3.8, 4) is 0 Å². The van der Waals surface area contributed by atoms with E-state index in [4.69, 9.17) is 5.73 Å². The summed E-state index contributed by atoms with van der Waals surface area (Å²) >= 11 is 0. The smallest absolute Gasteiger partial charge is 0.130 e. The van der Waals surface area contributed by atoms with E-state index >= 15 is 0 Å². The maximum Gasteiger partial charge on any atom is 0.130 e. The SMILES string of the molecule is CCc1nccn1CC(N)c1ccc(F)cc1F. The maximum absolute atomic E-state index is 13.6. The molecule has 1 aromatic heterocycles. The molecule has 0 bridgehead atoms. The highest BCUT2D eigenvalue weighted by molar-refractivity contribution is 5.21. The highest BCUT2D eigenvalue weighted by atomic mass is 19.1. The summed E-state index contributed by atoms with van der Waals surface area (Å²) in [4.78, 5) is 4.17. The van der Waals surface area contributed by atoms with Crippen LogP contribution in [0.15, 0.2) is 30.6 Å². The number of rotatable bonds is 4. The third-order valence-electron chi connectivity index (χ3n) is 2.87. The Balaban J connectivity index is 2.19. The second kappa shape index (κ2) is 5.27. The van der Waals surface area contributed by atoms with Crippen LogP contribution in [0.4, 0.5) is 8.78 Å². The van der Waals surface area contributed by atoms with Gasteiger partial charge in [-0.25, -0.2) is 13.8 Å². The van der Waals surface area contributed by atoms with Gasteiger partial charge in [0.15, 0.2) is 0 Å². The summed E-state index contributed by atoms with van der Waals surface area (Å²) in [5.41, 5.74) is 6.26. The lowest BCUT2D eigenvalue weighted by atomic mass is 10.1. The molecule has 0 aliphatic heterocycles. The molecule has 0 radical (unpaired) electrons. The number of aryl methyl sites for hydroxylation is 1. The highest BCUT2D eigenvalue weighted by Crippen LogP contribution is 2.18. The zero-order valence-electron chi connectivity index (χ0n) is 10.1. The summed E-state index contributed by atoms with van der Waals surface area (Å²) in [5, 5.41) is 0. The minimum Gasteiger partial charge on any atom is -0.333 e. The first-order valence-electron chi connectivity index (χ1n) is 5.82. The quantitative estimate of drug-likeness (QED) is 0.907. The van der Waals surface area contributed by atoms with Gasteiger partial charge >= 0.3 is 0 Å². The first kappa shape index (κ1) is 12.7. The molecular formula is C13H15F2N3. The Morgan fingerprint density at radius 1 is 1.39 bits per heavy atom. The molecule has 0 amide bonds. The van der Waals surface area contributed by atoms with Crippen LogP contribution in [0.25, 0.3) is 0 Å². The van der Waals surface area contributed by atoms with Crippen LogP contribution >= 0.6 is 0 Å². The van der Waals surface area contributed by atoms with Gasteiger partial charge in [0, 0.05) is 37.0 Å². The Hall–Kier alpha value is -1.75. The molecule has 1 aromatic carbocycles. The third kappa shape index (κ3) is 2.56. The van der Waals surface area contributed by atoms with Crippen molar-refractivity contribution in [3.05, 3.63) is 53.6 Å². The molecule has 2 aromatic rings. The lowest BCUT2D eigenvalue weighted by Crippen LogP contribution is -2.19. The predicted octanol–water partition coefficient (Wildman–Crippen LogP) is 2.42. The van der Waals surface area contributed by atoms with E-state index in [2.05, 4.69) is 4.98 Å². The van der Waals surface area contributed by atoms with Crippen molar-refractivity contribution in [3.63, 3.8) is 0 Å². The monoisotopic (exact) mass is 251 g/mol.